The molecule has 160 valence electrons. The topological polar surface area (TPSA) is 108 Å². The number of aromatic nitrogens is 2. The lowest BCUT2D eigenvalue weighted by Gasteiger charge is -2.31. The Morgan fingerprint density at radius 2 is 2.06 bits per heavy atom. The summed E-state index contributed by atoms with van der Waals surface area (Å²) in [4.78, 5) is 35.8. The molecule has 0 spiro atoms. The van der Waals surface area contributed by atoms with Crippen molar-refractivity contribution in [1.29, 1.82) is 0 Å². The molecule has 0 bridgehead atoms. The van der Waals surface area contributed by atoms with Crippen molar-refractivity contribution in [3.8, 4) is 0 Å². The predicted molar refractivity (Wildman–Crippen MR) is 119 cm³/mol. The quantitative estimate of drug-likeness (QED) is 0.639. The Balaban J connectivity index is 1.59. The molecule has 0 saturated carbocycles. The largest absolute Gasteiger partial charge is 0.363 e. The number of hydrogen-bond acceptors (Lipinski definition) is 3. The van der Waals surface area contributed by atoms with Gasteiger partial charge in [0.2, 0.25) is 5.82 Å². The van der Waals surface area contributed by atoms with Crippen LogP contribution in [0.4, 0.5) is 16.3 Å². The highest BCUT2D eigenvalue weighted by molar-refractivity contribution is 6.03. The van der Waals surface area contributed by atoms with Crippen molar-refractivity contribution in [2.45, 2.75) is 44.4 Å². The molecular weight excluding hydrogens is 392 g/mol. The number of hydrogen-bond donors (Lipinski definition) is 3. The van der Waals surface area contributed by atoms with Gasteiger partial charge in [-0.3, -0.25) is 9.78 Å². The molecule has 2 heterocycles. The van der Waals surface area contributed by atoms with Gasteiger partial charge in [-0.1, -0.05) is 18.7 Å². The third-order valence-electron chi connectivity index (χ3n) is 6.10. The fourth-order valence-corrected chi connectivity index (χ4v) is 4.37. The van der Waals surface area contributed by atoms with Gasteiger partial charge in [-0.2, -0.15) is 0 Å². The van der Waals surface area contributed by atoms with Gasteiger partial charge in [0.05, 0.1) is 6.20 Å². The molecule has 1 fully saturated rings. The summed E-state index contributed by atoms with van der Waals surface area (Å²) < 4.78 is 0. The maximum absolute atomic E-state index is 12.7. The van der Waals surface area contributed by atoms with E-state index in [1.165, 1.54) is 23.8 Å². The first kappa shape index (κ1) is 20.7. The van der Waals surface area contributed by atoms with Gasteiger partial charge in [-0.15, -0.1) is 0 Å². The number of likely N-dealkylation sites (tertiary alicyclic amines) is 1. The number of aromatic amines is 1. The number of anilines is 1. The van der Waals surface area contributed by atoms with Crippen molar-refractivity contribution in [2.75, 3.05) is 18.4 Å². The zero-order valence-corrected chi connectivity index (χ0v) is 17.4. The molecule has 1 aromatic carbocycles. The summed E-state index contributed by atoms with van der Waals surface area (Å²) in [7, 11) is 0. The summed E-state index contributed by atoms with van der Waals surface area (Å²) in [5.74, 6) is 0.347. The Bertz CT molecular complexity index is 1060. The van der Waals surface area contributed by atoms with Crippen LogP contribution in [0.15, 0.2) is 30.5 Å². The minimum Gasteiger partial charge on any atom is -0.363 e. The molecular formula is C23H26N6O2. The summed E-state index contributed by atoms with van der Waals surface area (Å²) in [6.45, 7) is 8.36. The third-order valence-corrected chi connectivity index (χ3v) is 6.10. The van der Waals surface area contributed by atoms with Crippen LogP contribution in [0.2, 0.25) is 0 Å². The standard InChI is InChI=1S/C23H26N6O2/c1-25-20-14-26-21(28-20)22(30)27-19-8-7-17(13-18(19)16-5-3-2-4-6-16)15-9-11-29(12-10-15)23(24)31/h5,7-8,13-15H,2-4,6,9-12H2,(H2,24,31)(H,26,28)(H,27,30). The number of piperidine rings is 1. The predicted octanol–water partition coefficient (Wildman–Crippen LogP) is 4.43. The van der Waals surface area contributed by atoms with Crippen molar-refractivity contribution < 1.29 is 9.59 Å². The highest BCUT2D eigenvalue weighted by Gasteiger charge is 2.24. The van der Waals surface area contributed by atoms with Crippen LogP contribution in [0.1, 0.15) is 66.2 Å². The number of imidazole rings is 1. The fourth-order valence-electron chi connectivity index (χ4n) is 4.37. The van der Waals surface area contributed by atoms with Crippen LogP contribution < -0.4 is 11.1 Å². The molecule has 1 saturated heterocycles. The van der Waals surface area contributed by atoms with E-state index in [1.54, 1.807) is 4.90 Å². The highest BCUT2D eigenvalue weighted by atomic mass is 16.2. The number of nitrogens with one attached hydrogen (secondary N) is 2. The Kier molecular flexibility index (Phi) is 6.03. The number of nitrogens with zero attached hydrogens (tertiary/aromatic N) is 3. The van der Waals surface area contributed by atoms with E-state index >= 15 is 0 Å². The van der Waals surface area contributed by atoms with E-state index in [0.29, 0.717) is 19.0 Å². The van der Waals surface area contributed by atoms with E-state index < -0.39 is 0 Å². The van der Waals surface area contributed by atoms with E-state index in [9.17, 15) is 9.59 Å². The molecule has 3 amide bonds. The zero-order valence-electron chi connectivity index (χ0n) is 17.4. The number of nitrogens with two attached hydrogens (primary N) is 1. The number of allylic oxidation sites excluding steroid dienone is 2. The van der Waals surface area contributed by atoms with Crippen LogP contribution in [0, 0.1) is 6.57 Å². The number of rotatable bonds is 4. The Morgan fingerprint density at radius 1 is 1.26 bits per heavy atom. The van der Waals surface area contributed by atoms with E-state index in [1.807, 2.05) is 6.07 Å². The average Bonchev–Trinajstić information content (AvgIpc) is 3.29. The van der Waals surface area contributed by atoms with Crippen LogP contribution >= 0.6 is 0 Å². The van der Waals surface area contributed by atoms with Crippen molar-refractivity contribution in [1.82, 2.24) is 14.9 Å². The molecule has 1 aliphatic carbocycles. The number of benzene rings is 1. The lowest BCUT2D eigenvalue weighted by molar-refractivity contribution is 0.101. The number of carbonyl (C=O) groups is 2. The van der Waals surface area contributed by atoms with Crippen LogP contribution in [0.25, 0.3) is 10.4 Å². The highest BCUT2D eigenvalue weighted by Crippen LogP contribution is 2.36. The van der Waals surface area contributed by atoms with E-state index in [2.05, 4.69) is 38.3 Å². The molecule has 0 radical (unpaired) electrons. The van der Waals surface area contributed by atoms with Crippen LogP contribution in [-0.2, 0) is 0 Å². The molecule has 0 atom stereocenters. The molecule has 2 aliphatic rings. The maximum atomic E-state index is 12.7. The molecule has 0 unspecified atom stereocenters. The Morgan fingerprint density at radius 3 is 2.71 bits per heavy atom. The van der Waals surface area contributed by atoms with Crippen molar-refractivity contribution in [3.63, 3.8) is 0 Å². The second-order valence-corrected chi connectivity index (χ2v) is 8.06. The number of carbonyl (C=O) groups excluding carboxylic acids is 2. The van der Waals surface area contributed by atoms with Gasteiger partial charge in [-0.25, -0.2) is 9.78 Å². The Labute approximate surface area is 181 Å². The number of urea groups is 1. The second-order valence-electron chi connectivity index (χ2n) is 8.06. The van der Waals surface area contributed by atoms with Crippen LogP contribution in [-0.4, -0.2) is 39.9 Å². The first-order valence-corrected chi connectivity index (χ1v) is 10.7. The molecule has 1 aliphatic heterocycles. The first-order valence-electron chi connectivity index (χ1n) is 10.7. The van der Waals surface area contributed by atoms with Crippen molar-refractivity contribution >= 4 is 29.0 Å². The van der Waals surface area contributed by atoms with E-state index in [0.717, 1.165) is 43.4 Å². The molecule has 4 N–H and O–H groups in total. The summed E-state index contributed by atoms with van der Waals surface area (Å²) in [5.41, 5.74) is 9.67. The van der Waals surface area contributed by atoms with Crippen molar-refractivity contribution in [3.05, 3.63) is 58.8 Å². The van der Waals surface area contributed by atoms with E-state index in [4.69, 9.17) is 12.3 Å². The number of amides is 3. The lowest BCUT2D eigenvalue weighted by Crippen LogP contribution is -2.41. The maximum Gasteiger partial charge on any atom is 0.314 e. The third kappa shape index (κ3) is 4.61. The summed E-state index contributed by atoms with van der Waals surface area (Å²) >= 11 is 0. The van der Waals surface area contributed by atoms with Gasteiger partial charge in [0.1, 0.15) is 0 Å². The molecule has 31 heavy (non-hydrogen) atoms. The number of primary amides is 1. The number of H-pyrrole nitrogens is 1. The first-order chi connectivity index (χ1) is 15.0. The van der Waals surface area contributed by atoms with Crippen LogP contribution in [0.3, 0.4) is 0 Å². The smallest absolute Gasteiger partial charge is 0.314 e. The van der Waals surface area contributed by atoms with Gasteiger partial charge < -0.3 is 20.8 Å². The average molecular weight is 419 g/mol. The summed E-state index contributed by atoms with van der Waals surface area (Å²) in [6.07, 6.45) is 9.70. The lowest BCUT2D eigenvalue weighted by atomic mass is 9.85. The van der Waals surface area contributed by atoms with Gasteiger partial charge in [0.15, 0.2) is 0 Å². The normalized spacial score (nSPS) is 17.0. The molecule has 8 nitrogen and oxygen atoms in total. The molecule has 4 rings (SSSR count). The van der Waals surface area contributed by atoms with Crippen LogP contribution in [0.5, 0.6) is 0 Å². The monoisotopic (exact) mass is 418 g/mol. The zero-order chi connectivity index (χ0) is 21.8. The minimum absolute atomic E-state index is 0.123. The minimum atomic E-state index is -0.366. The van der Waals surface area contributed by atoms with Gasteiger partial charge in [0, 0.05) is 24.3 Å². The van der Waals surface area contributed by atoms with E-state index in [-0.39, 0.29) is 23.6 Å². The fraction of sp³-hybridized carbons (Fsp3) is 0.391. The van der Waals surface area contributed by atoms with Gasteiger partial charge >= 0.3 is 11.9 Å². The molecule has 8 heteroatoms. The summed E-state index contributed by atoms with van der Waals surface area (Å²) in [6, 6.07) is 5.84. The van der Waals surface area contributed by atoms with Gasteiger partial charge in [0.25, 0.3) is 5.82 Å². The second kappa shape index (κ2) is 9.04. The summed E-state index contributed by atoms with van der Waals surface area (Å²) in [5, 5.41) is 2.97. The van der Waals surface area contributed by atoms with Gasteiger partial charge in [-0.05, 0) is 67.7 Å². The Hall–Kier alpha value is -3.60. The molecule has 2 aromatic rings. The SMILES string of the molecule is [C-]#[N+]c1cnc(C(=O)Nc2ccc(C3CCN(C(N)=O)CC3)cc2C2=CCCCC2)[nH]1. The molecule has 1 aromatic heterocycles. The van der Waals surface area contributed by atoms with Crippen molar-refractivity contribution in [2.24, 2.45) is 5.73 Å².